The van der Waals surface area contributed by atoms with E-state index in [0.29, 0.717) is 23.9 Å². The molecule has 126 valence electrons. The van der Waals surface area contributed by atoms with Crippen molar-refractivity contribution in [2.75, 3.05) is 11.9 Å². The van der Waals surface area contributed by atoms with E-state index >= 15 is 0 Å². The SMILES string of the molecule is Cc1ccc(Oc2ccccc2NC(=O)CCC2CCCN2)cc1. The van der Waals surface area contributed by atoms with Gasteiger partial charge in [0, 0.05) is 12.5 Å². The highest BCUT2D eigenvalue weighted by Crippen LogP contribution is 2.29. The summed E-state index contributed by atoms with van der Waals surface area (Å²) in [5.74, 6) is 1.45. The molecule has 0 spiro atoms. The van der Waals surface area contributed by atoms with Crippen molar-refractivity contribution in [2.45, 2.75) is 38.6 Å². The van der Waals surface area contributed by atoms with E-state index in [-0.39, 0.29) is 5.91 Å². The molecule has 2 aromatic carbocycles. The van der Waals surface area contributed by atoms with Crippen LogP contribution in [0, 0.1) is 6.92 Å². The summed E-state index contributed by atoms with van der Waals surface area (Å²) in [6.07, 6.45) is 3.78. The fourth-order valence-corrected chi connectivity index (χ4v) is 2.91. The number of nitrogens with one attached hydrogen (secondary N) is 2. The van der Waals surface area contributed by atoms with Crippen molar-refractivity contribution >= 4 is 11.6 Å². The Morgan fingerprint density at radius 1 is 1.21 bits per heavy atom. The molecule has 1 unspecified atom stereocenters. The van der Waals surface area contributed by atoms with Gasteiger partial charge >= 0.3 is 0 Å². The second-order valence-electron chi connectivity index (χ2n) is 6.29. The van der Waals surface area contributed by atoms with E-state index in [1.54, 1.807) is 0 Å². The van der Waals surface area contributed by atoms with Crippen molar-refractivity contribution in [1.82, 2.24) is 5.32 Å². The van der Waals surface area contributed by atoms with Crippen molar-refractivity contribution < 1.29 is 9.53 Å². The fraction of sp³-hybridized carbons (Fsp3) is 0.350. The number of hydrogen-bond acceptors (Lipinski definition) is 3. The molecule has 2 aromatic rings. The molecule has 0 radical (unpaired) electrons. The summed E-state index contributed by atoms with van der Waals surface area (Å²) in [7, 11) is 0. The predicted octanol–water partition coefficient (Wildman–Crippen LogP) is 4.26. The lowest BCUT2D eigenvalue weighted by atomic mass is 10.1. The summed E-state index contributed by atoms with van der Waals surface area (Å²) in [6, 6.07) is 15.9. The lowest BCUT2D eigenvalue weighted by Crippen LogP contribution is -2.23. The van der Waals surface area contributed by atoms with Gasteiger partial charge in [-0.05, 0) is 57.0 Å². The number of anilines is 1. The average molecular weight is 324 g/mol. The smallest absolute Gasteiger partial charge is 0.224 e. The number of hydrogen-bond donors (Lipinski definition) is 2. The van der Waals surface area contributed by atoms with Gasteiger partial charge < -0.3 is 15.4 Å². The topological polar surface area (TPSA) is 50.4 Å². The third-order valence-electron chi connectivity index (χ3n) is 4.29. The van der Waals surface area contributed by atoms with Crippen LogP contribution in [-0.2, 0) is 4.79 Å². The molecule has 1 saturated heterocycles. The van der Waals surface area contributed by atoms with Crippen molar-refractivity contribution in [1.29, 1.82) is 0 Å². The summed E-state index contributed by atoms with van der Waals surface area (Å²) in [4.78, 5) is 12.2. The Balaban J connectivity index is 1.60. The van der Waals surface area contributed by atoms with Crippen LogP contribution in [0.15, 0.2) is 48.5 Å². The maximum Gasteiger partial charge on any atom is 0.224 e. The van der Waals surface area contributed by atoms with Gasteiger partial charge in [-0.15, -0.1) is 0 Å². The van der Waals surface area contributed by atoms with E-state index < -0.39 is 0 Å². The molecule has 1 atom stereocenters. The molecule has 4 heteroatoms. The number of carbonyl (C=O) groups excluding carboxylic acids is 1. The summed E-state index contributed by atoms with van der Waals surface area (Å²) in [6.45, 7) is 3.11. The number of rotatable bonds is 6. The summed E-state index contributed by atoms with van der Waals surface area (Å²) >= 11 is 0. The van der Waals surface area contributed by atoms with Crippen molar-refractivity contribution in [3.8, 4) is 11.5 Å². The molecule has 0 aromatic heterocycles. The van der Waals surface area contributed by atoms with Gasteiger partial charge in [0.05, 0.1) is 5.69 Å². The molecule has 0 aliphatic carbocycles. The first-order valence-corrected chi connectivity index (χ1v) is 8.57. The molecule has 4 nitrogen and oxygen atoms in total. The van der Waals surface area contributed by atoms with E-state index in [2.05, 4.69) is 10.6 Å². The Hall–Kier alpha value is -2.33. The Labute approximate surface area is 143 Å². The molecular weight excluding hydrogens is 300 g/mol. The first-order valence-electron chi connectivity index (χ1n) is 8.57. The van der Waals surface area contributed by atoms with E-state index in [0.717, 1.165) is 18.7 Å². The Kier molecular flexibility index (Phi) is 5.49. The molecule has 1 aliphatic heterocycles. The zero-order chi connectivity index (χ0) is 16.8. The van der Waals surface area contributed by atoms with Crippen LogP contribution in [0.25, 0.3) is 0 Å². The molecule has 1 heterocycles. The van der Waals surface area contributed by atoms with Crippen LogP contribution in [0.1, 0.15) is 31.2 Å². The molecule has 24 heavy (non-hydrogen) atoms. The monoisotopic (exact) mass is 324 g/mol. The molecule has 2 N–H and O–H groups in total. The minimum atomic E-state index is 0.0312. The molecule has 1 fully saturated rings. The quantitative estimate of drug-likeness (QED) is 0.835. The van der Waals surface area contributed by atoms with Crippen LogP contribution in [0.4, 0.5) is 5.69 Å². The van der Waals surface area contributed by atoms with E-state index in [4.69, 9.17) is 4.74 Å². The zero-order valence-electron chi connectivity index (χ0n) is 14.0. The number of carbonyl (C=O) groups is 1. The molecular formula is C20H24N2O2. The van der Waals surface area contributed by atoms with Gasteiger partial charge in [-0.3, -0.25) is 4.79 Å². The second-order valence-corrected chi connectivity index (χ2v) is 6.29. The van der Waals surface area contributed by atoms with Crippen molar-refractivity contribution in [3.63, 3.8) is 0 Å². The summed E-state index contributed by atoms with van der Waals surface area (Å²) in [5, 5.41) is 6.39. The summed E-state index contributed by atoms with van der Waals surface area (Å²) in [5.41, 5.74) is 1.90. The highest BCUT2D eigenvalue weighted by molar-refractivity contribution is 5.92. The van der Waals surface area contributed by atoms with E-state index in [1.807, 2.05) is 55.5 Å². The van der Waals surface area contributed by atoms with Crippen LogP contribution < -0.4 is 15.4 Å². The first kappa shape index (κ1) is 16.5. The number of para-hydroxylation sites is 2. The molecule has 1 aliphatic rings. The highest BCUT2D eigenvalue weighted by atomic mass is 16.5. The van der Waals surface area contributed by atoms with Crippen LogP contribution in [0.5, 0.6) is 11.5 Å². The number of aryl methyl sites for hydroxylation is 1. The van der Waals surface area contributed by atoms with Gasteiger partial charge in [-0.2, -0.15) is 0 Å². The maximum absolute atomic E-state index is 12.2. The van der Waals surface area contributed by atoms with Crippen LogP contribution in [0.2, 0.25) is 0 Å². The number of ether oxygens (including phenoxy) is 1. The van der Waals surface area contributed by atoms with Gasteiger partial charge in [0.15, 0.2) is 5.75 Å². The third-order valence-corrected chi connectivity index (χ3v) is 4.29. The standard InChI is InChI=1S/C20H24N2O2/c1-15-8-11-17(12-9-15)24-19-7-3-2-6-18(19)22-20(23)13-10-16-5-4-14-21-16/h2-3,6-9,11-12,16,21H,4-5,10,13-14H2,1H3,(H,22,23). The number of amides is 1. The predicted molar refractivity (Wildman–Crippen MR) is 96.6 cm³/mol. The lowest BCUT2D eigenvalue weighted by Gasteiger charge is -2.13. The molecule has 0 saturated carbocycles. The van der Waals surface area contributed by atoms with E-state index in [1.165, 1.54) is 18.4 Å². The van der Waals surface area contributed by atoms with Gasteiger partial charge in [-0.25, -0.2) is 0 Å². The highest BCUT2D eigenvalue weighted by Gasteiger charge is 2.16. The Bertz CT molecular complexity index is 676. The van der Waals surface area contributed by atoms with Crippen LogP contribution >= 0.6 is 0 Å². The van der Waals surface area contributed by atoms with Crippen molar-refractivity contribution in [3.05, 3.63) is 54.1 Å². The van der Waals surface area contributed by atoms with Crippen LogP contribution in [-0.4, -0.2) is 18.5 Å². The second kappa shape index (κ2) is 7.97. The Morgan fingerprint density at radius 3 is 2.75 bits per heavy atom. The largest absolute Gasteiger partial charge is 0.455 e. The van der Waals surface area contributed by atoms with Gasteiger partial charge in [0.1, 0.15) is 5.75 Å². The minimum Gasteiger partial charge on any atom is -0.455 e. The maximum atomic E-state index is 12.2. The van der Waals surface area contributed by atoms with Gasteiger partial charge in [0.2, 0.25) is 5.91 Å². The average Bonchev–Trinajstić information content (AvgIpc) is 3.10. The molecule has 3 rings (SSSR count). The lowest BCUT2D eigenvalue weighted by molar-refractivity contribution is -0.116. The number of benzene rings is 2. The summed E-state index contributed by atoms with van der Waals surface area (Å²) < 4.78 is 5.92. The van der Waals surface area contributed by atoms with Gasteiger partial charge in [-0.1, -0.05) is 29.8 Å². The van der Waals surface area contributed by atoms with Crippen molar-refractivity contribution in [2.24, 2.45) is 0 Å². The fourth-order valence-electron chi connectivity index (χ4n) is 2.91. The van der Waals surface area contributed by atoms with E-state index in [9.17, 15) is 4.79 Å². The zero-order valence-corrected chi connectivity index (χ0v) is 14.0. The normalized spacial score (nSPS) is 16.8. The first-order chi connectivity index (χ1) is 11.7. The molecule has 1 amide bonds. The van der Waals surface area contributed by atoms with Gasteiger partial charge in [0.25, 0.3) is 0 Å². The third kappa shape index (κ3) is 4.59. The molecule has 0 bridgehead atoms. The van der Waals surface area contributed by atoms with Crippen LogP contribution in [0.3, 0.4) is 0 Å². The Morgan fingerprint density at radius 2 is 2.00 bits per heavy atom. The minimum absolute atomic E-state index is 0.0312.